The number of hydrogen-bond acceptors (Lipinski definition) is 12. The van der Waals surface area contributed by atoms with Crippen LogP contribution in [0.1, 0.15) is 88.6 Å². The lowest BCUT2D eigenvalue weighted by Crippen LogP contribution is -2.49. The SMILES string of the molecule is CC(C)(C)OC(=O)CN1CCN(CP(=O)(OC(C)(C)C)OC(C)(C)C)CCN(CC(=O)OC(C)(C)C)CCN(C(=O)OCc2ccccc2)CC1. The molecule has 1 aliphatic heterocycles. The summed E-state index contributed by atoms with van der Waals surface area (Å²) in [5.74, 6) is -0.777. The second-order valence-corrected chi connectivity index (χ2v) is 18.9. The van der Waals surface area contributed by atoms with E-state index in [4.69, 9.17) is 23.3 Å². The summed E-state index contributed by atoms with van der Waals surface area (Å²) in [6.45, 7) is 24.8. The Labute approximate surface area is 306 Å². The van der Waals surface area contributed by atoms with Crippen LogP contribution in [0.25, 0.3) is 0 Å². The molecule has 0 atom stereocenters. The Hall–Kier alpha value is -2.54. The average Bonchev–Trinajstić information content (AvgIpc) is 2.92. The van der Waals surface area contributed by atoms with E-state index in [0.717, 1.165) is 5.56 Å². The molecule has 0 spiro atoms. The molecule has 0 aliphatic carbocycles. The second-order valence-electron chi connectivity index (χ2n) is 17.0. The van der Waals surface area contributed by atoms with Crippen LogP contribution in [-0.4, -0.2) is 132 Å². The third-order valence-corrected chi connectivity index (χ3v) is 9.44. The molecule has 1 aliphatic rings. The molecule has 292 valence electrons. The summed E-state index contributed by atoms with van der Waals surface area (Å²) in [6, 6.07) is 9.44. The largest absolute Gasteiger partial charge is 0.459 e. The van der Waals surface area contributed by atoms with Crippen LogP contribution in [0.5, 0.6) is 0 Å². The third-order valence-electron chi connectivity index (χ3n) is 7.05. The molecule has 0 bridgehead atoms. The van der Waals surface area contributed by atoms with Crippen LogP contribution in [0, 0.1) is 0 Å². The van der Waals surface area contributed by atoms with Crippen molar-refractivity contribution in [3.8, 4) is 0 Å². The zero-order valence-corrected chi connectivity index (χ0v) is 34.2. The summed E-state index contributed by atoms with van der Waals surface area (Å²) in [7, 11) is -3.68. The molecule has 1 aromatic carbocycles. The molecule has 1 amide bonds. The smallest absolute Gasteiger partial charge is 0.410 e. The zero-order chi connectivity index (χ0) is 38.7. The molecule has 1 fully saturated rings. The lowest BCUT2D eigenvalue weighted by Gasteiger charge is -2.37. The van der Waals surface area contributed by atoms with Gasteiger partial charge in [0.15, 0.2) is 0 Å². The number of carbonyl (C=O) groups is 3. The Balaban J connectivity index is 2.43. The van der Waals surface area contributed by atoms with Crippen molar-refractivity contribution < 1.29 is 42.2 Å². The Bertz CT molecular complexity index is 1230. The molecule has 1 heterocycles. The van der Waals surface area contributed by atoms with E-state index in [1.807, 2.05) is 128 Å². The van der Waals surface area contributed by atoms with Gasteiger partial charge in [-0.25, -0.2) is 4.79 Å². The number of nitrogens with zero attached hydrogens (tertiary/aromatic N) is 4. The van der Waals surface area contributed by atoms with Gasteiger partial charge in [0.1, 0.15) is 24.1 Å². The number of ether oxygens (including phenoxy) is 3. The molecule has 13 nitrogen and oxygen atoms in total. The molecule has 1 saturated heterocycles. The number of amides is 1. The zero-order valence-electron chi connectivity index (χ0n) is 33.3. The van der Waals surface area contributed by atoms with E-state index in [2.05, 4.69) is 0 Å². The van der Waals surface area contributed by atoms with Crippen LogP contribution in [-0.2, 0) is 44.0 Å². The maximum Gasteiger partial charge on any atom is 0.410 e. The van der Waals surface area contributed by atoms with Crippen molar-refractivity contribution in [1.82, 2.24) is 19.6 Å². The summed E-state index contributed by atoms with van der Waals surface area (Å²) in [5.41, 5.74) is -1.94. The minimum Gasteiger partial charge on any atom is -0.459 e. The highest BCUT2D eigenvalue weighted by Gasteiger charge is 2.37. The van der Waals surface area contributed by atoms with Gasteiger partial charge in [0.05, 0.1) is 24.3 Å². The highest BCUT2D eigenvalue weighted by atomic mass is 31.2. The van der Waals surface area contributed by atoms with Crippen molar-refractivity contribution in [3.05, 3.63) is 35.9 Å². The molecule has 0 unspecified atom stereocenters. The lowest BCUT2D eigenvalue weighted by atomic mass is 10.2. The van der Waals surface area contributed by atoms with Gasteiger partial charge in [-0.15, -0.1) is 0 Å². The van der Waals surface area contributed by atoms with Crippen molar-refractivity contribution >= 4 is 25.6 Å². The highest BCUT2D eigenvalue weighted by molar-refractivity contribution is 7.53. The fourth-order valence-electron chi connectivity index (χ4n) is 5.26. The normalized spacial score (nSPS) is 17.3. The van der Waals surface area contributed by atoms with E-state index < -0.39 is 36.1 Å². The molecular weight excluding hydrogens is 675 g/mol. The summed E-state index contributed by atoms with van der Waals surface area (Å²) < 4.78 is 43.6. The van der Waals surface area contributed by atoms with E-state index in [1.54, 1.807) is 4.90 Å². The average molecular weight is 741 g/mol. The van der Waals surface area contributed by atoms with Crippen molar-refractivity contribution in [2.75, 3.05) is 71.7 Å². The fourth-order valence-corrected chi connectivity index (χ4v) is 7.85. The number of rotatable bonds is 10. The monoisotopic (exact) mass is 740 g/mol. The first kappa shape index (κ1) is 44.6. The molecule has 0 radical (unpaired) electrons. The molecular formula is C37H65N4O9P. The van der Waals surface area contributed by atoms with E-state index in [1.165, 1.54) is 0 Å². The molecule has 0 saturated carbocycles. The second kappa shape index (κ2) is 19.0. The first-order valence-corrected chi connectivity index (χ1v) is 19.6. The Kier molecular flexibility index (Phi) is 16.6. The van der Waals surface area contributed by atoms with Crippen LogP contribution in [0.2, 0.25) is 0 Å². The van der Waals surface area contributed by atoms with Crippen LogP contribution in [0.4, 0.5) is 4.79 Å². The van der Waals surface area contributed by atoms with Gasteiger partial charge in [-0.05, 0) is 88.6 Å². The standard InChI is InChI=1S/C37H65N4O9P/c1-34(2,3)47-31(42)26-38-18-20-40(29-51(45,49-36(7,8)9)50-37(10,11)12)21-19-39(27-32(43)48-35(4,5)6)23-25-41(24-22-38)33(44)46-28-30-16-14-13-15-17-30/h13-17H,18-29H2,1-12H3. The quantitative estimate of drug-likeness (QED) is 0.158. The van der Waals surface area contributed by atoms with Gasteiger partial charge < -0.3 is 28.2 Å². The minimum atomic E-state index is -3.68. The minimum absolute atomic E-state index is 0.0000317. The van der Waals surface area contributed by atoms with Gasteiger partial charge in [-0.2, -0.15) is 0 Å². The van der Waals surface area contributed by atoms with Gasteiger partial charge >= 0.3 is 25.6 Å². The molecule has 0 N–H and O–H groups in total. The van der Waals surface area contributed by atoms with Crippen molar-refractivity contribution in [1.29, 1.82) is 0 Å². The van der Waals surface area contributed by atoms with Crippen molar-refractivity contribution in [3.63, 3.8) is 0 Å². The van der Waals surface area contributed by atoms with Gasteiger partial charge in [0.25, 0.3) is 0 Å². The summed E-state index contributed by atoms with van der Waals surface area (Å²) >= 11 is 0. The van der Waals surface area contributed by atoms with Crippen LogP contribution < -0.4 is 0 Å². The van der Waals surface area contributed by atoms with E-state index >= 15 is 0 Å². The Morgan fingerprint density at radius 3 is 1.37 bits per heavy atom. The number of esters is 2. The fraction of sp³-hybridized carbons (Fsp3) is 0.757. The third kappa shape index (κ3) is 20.3. The van der Waals surface area contributed by atoms with Crippen molar-refractivity contribution in [2.45, 2.75) is 112 Å². The van der Waals surface area contributed by atoms with E-state index in [9.17, 15) is 18.9 Å². The molecule has 0 aromatic heterocycles. The predicted octanol–water partition coefficient (Wildman–Crippen LogP) is 6.01. The first-order valence-electron chi connectivity index (χ1n) is 17.9. The predicted molar refractivity (Wildman–Crippen MR) is 198 cm³/mol. The molecule has 14 heteroatoms. The van der Waals surface area contributed by atoms with Gasteiger partial charge in [-0.3, -0.25) is 28.9 Å². The molecule has 1 aromatic rings. The van der Waals surface area contributed by atoms with E-state index in [-0.39, 0.29) is 51.0 Å². The number of benzene rings is 1. The molecule has 2 rings (SSSR count). The van der Waals surface area contributed by atoms with E-state index in [0.29, 0.717) is 39.3 Å². The number of carbonyl (C=O) groups excluding carboxylic acids is 3. The summed E-state index contributed by atoms with van der Waals surface area (Å²) in [6.07, 6.45) is -0.494. The maximum absolute atomic E-state index is 14.4. The van der Waals surface area contributed by atoms with Gasteiger partial charge in [0, 0.05) is 52.4 Å². The lowest BCUT2D eigenvalue weighted by molar-refractivity contribution is -0.157. The molecule has 51 heavy (non-hydrogen) atoms. The first-order chi connectivity index (χ1) is 23.3. The summed E-state index contributed by atoms with van der Waals surface area (Å²) in [5, 5.41) is 0. The Morgan fingerprint density at radius 1 is 0.588 bits per heavy atom. The van der Waals surface area contributed by atoms with Gasteiger partial charge in [0.2, 0.25) is 0 Å². The summed E-state index contributed by atoms with van der Waals surface area (Å²) in [4.78, 5) is 47.0. The van der Waals surface area contributed by atoms with Crippen LogP contribution in [0.15, 0.2) is 30.3 Å². The number of hydrogen-bond donors (Lipinski definition) is 0. The highest BCUT2D eigenvalue weighted by Crippen LogP contribution is 2.54. The van der Waals surface area contributed by atoms with Crippen molar-refractivity contribution in [2.24, 2.45) is 0 Å². The van der Waals surface area contributed by atoms with Crippen LogP contribution >= 0.6 is 7.60 Å². The maximum atomic E-state index is 14.4. The van der Waals surface area contributed by atoms with Crippen LogP contribution in [0.3, 0.4) is 0 Å². The van der Waals surface area contributed by atoms with Gasteiger partial charge in [-0.1, -0.05) is 30.3 Å². The Morgan fingerprint density at radius 2 is 0.980 bits per heavy atom. The topological polar surface area (TPSA) is 127 Å².